The topological polar surface area (TPSA) is 72.6 Å². The molecule has 29 heavy (non-hydrogen) atoms. The van der Waals surface area contributed by atoms with E-state index in [4.69, 9.17) is 5.73 Å². The number of rotatable bonds is 7. The Morgan fingerprint density at radius 2 is 1.76 bits per heavy atom. The lowest BCUT2D eigenvalue weighted by Crippen LogP contribution is -2.31. The number of ether oxygens (including phenoxy) is 1. The minimum atomic E-state index is -4.81. The van der Waals surface area contributed by atoms with Crippen LogP contribution in [-0.2, 0) is 11.3 Å². The van der Waals surface area contributed by atoms with Gasteiger partial charge in [-0.25, -0.2) is 0 Å². The molecule has 5 nitrogen and oxygen atoms in total. The van der Waals surface area contributed by atoms with Gasteiger partial charge in [-0.05, 0) is 42.7 Å². The molecular weight excluding hydrogens is 385 g/mol. The molecule has 2 aromatic rings. The summed E-state index contributed by atoms with van der Waals surface area (Å²) in [5.74, 6) is -1.22. The molecule has 1 aliphatic rings. The fourth-order valence-electron chi connectivity index (χ4n) is 2.84. The van der Waals surface area contributed by atoms with E-state index in [9.17, 15) is 22.8 Å². The van der Waals surface area contributed by atoms with Crippen LogP contribution < -0.4 is 10.5 Å². The van der Waals surface area contributed by atoms with Gasteiger partial charge in [0.2, 0.25) is 11.8 Å². The van der Waals surface area contributed by atoms with Crippen molar-refractivity contribution in [3.8, 4) is 5.75 Å². The number of carbonyl (C=O) groups is 2. The van der Waals surface area contributed by atoms with Crippen molar-refractivity contribution in [2.45, 2.75) is 31.8 Å². The molecule has 2 amide bonds. The number of hydrogen-bond acceptors (Lipinski definition) is 3. The van der Waals surface area contributed by atoms with Crippen molar-refractivity contribution in [1.82, 2.24) is 4.90 Å². The Bertz CT molecular complexity index is 920. The van der Waals surface area contributed by atoms with Crippen LogP contribution in [0.15, 0.2) is 54.6 Å². The predicted molar refractivity (Wildman–Crippen MR) is 101 cm³/mol. The van der Waals surface area contributed by atoms with Gasteiger partial charge in [-0.3, -0.25) is 9.59 Å². The molecule has 152 valence electrons. The van der Waals surface area contributed by atoms with E-state index in [-0.39, 0.29) is 23.3 Å². The number of para-hydroxylation sites is 1. The van der Waals surface area contributed by atoms with Crippen LogP contribution in [0.4, 0.5) is 13.2 Å². The third kappa shape index (κ3) is 5.84. The van der Waals surface area contributed by atoms with Crippen LogP contribution in [0.3, 0.4) is 0 Å². The van der Waals surface area contributed by atoms with E-state index in [0.717, 1.165) is 18.4 Å². The highest BCUT2D eigenvalue weighted by Gasteiger charge is 2.33. The van der Waals surface area contributed by atoms with Gasteiger partial charge in [-0.2, -0.15) is 0 Å². The fraction of sp³-hybridized carbons (Fsp3) is 0.238. The molecule has 0 saturated heterocycles. The highest BCUT2D eigenvalue weighted by molar-refractivity contribution is 5.93. The van der Waals surface area contributed by atoms with Gasteiger partial charge in [0.1, 0.15) is 5.75 Å². The Kier molecular flexibility index (Phi) is 5.91. The minimum Gasteiger partial charge on any atom is -0.405 e. The third-order valence-electron chi connectivity index (χ3n) is 4.41. The Hall–Kier alpha value is -3.29. The van der Waals surface area contributed by atoms with E-state index in [1.165, 1.54) is 30.4 Å². The van der Waals surface area contributed by atoms with Gasteiger partial charge in [0.25, 0.3) is 0 Å². The van der Waals surface area contributed by atoms with E-state index in [1.54, 1.807) is 35.2 Å². The summed E-state index contributed by atoms with van der Waals surface area (Å²) in [6.07, 6.45) is -0.520. The molecule has 0 aromatic heterocycles. The molecule has 1 saturated carbocycles. The minimum absolute atomic E-state index is 0.0876. The van der Waals surface area contributed by atoms with E-state index >= 15 is 0 Å². The summed E-state index contributed by atoms with van der Waals surface area (Å²) in [4.78, 5) is 25.5. The van der Waals surface area contributed by atoms with E-state index in [1.807, 2.05) is 0 Å². The zero-order valence-electron chi connectivity index (χ0n) is 15.4. The molecule has 0 atom stereocenters. The molecular formula is C21H19F3N2O3. The second-order valence-electron chi connectivity index (χ2n) is 6.68. The maximum atomic E-state index is 12.7. The van der Waals surface area contributed by atoms with Crippen molar-refractivity contribution >= 4 is 17.9 Å². The molecule has 0 unspecified atom stereocenters. The molecule has 0 heterocycles. The molecule has 0 radical (unpaired) electrons. The Balaban J connectivity index is 1.73. The summed E-state index contributed by atoms with van der Waals surface area (Å²) in [5, 5.41) is 0. The molecule has 1 fully saturated rings. The van der Waals surface area contributed by atoms with Crippen LogP contribution in [0.5, 0.6) is 5.75 Å². The zero-order chi connectivity index (χ0) is 21.0. The summed E-state index contributed by atoms with van der Waals surface area (Å²) in [7, 11) is 0. The van der Waals surface area contributed by atoms with Crippen LogP contribution in [0.1, 0.15) is 34.3 Å². The summed E-state index contributed by atoms with van der Waals surface area (Å²) in [6.45, 7) is 0.327. The van der Waals surface area contributed by atoms with Crippen LogP contribution in [0.25, 0.3) is 6.08 Å². The molecule has 2 N–H and O–H groups in total. The molecule has 0 bridgehead atoms. The van der Waals surface area contributed by atoms with Crippen molar-refractivity contribution in [3.63, 3.8) is 0 Å². The molecule has 1 aliphatic carbocycles. The number of halogens is 3. The predicted octanol–water partition coefficient (Wildman–Crippen LogP) is 3.89. The lowest BCUT2D eigenvalue weighted by molar-refractivity contribution is -0.274. The number of benzene rings is 2. The number of hydrogen-bond donors (Lipinski definition) is 1. The van der Waals surface area contributed by atoms with Gasteiger partial charge in [0, 0.05) is 29.8 Å². The number of carbonyl (C=O) groups excluding carboxylic acids is 2. The van der Waals surface area contributed by atoms with Crippen LogP contribution >= 0.6 is 0 Å². The van der Waals surface area contributed by atoms with Gasteiger partial charge < -0.3 is 15.4 Å². The van der Waals surface area contributed by atoms with Crippen molar-refractivity contribution in [3.05, 3.63) is 71.3 Å². The van der Waals surface area contributed by atoms with Gasteiger partial charge in [0.05, 0.1) is 0 Å². The summed E-state index contributed by atoms with van der Waals surface area (Å²) in [6, 6.07) is 12.3. The average Bonchev–Trinajstić information content (AvgIpc) is 3.49. The average molecular weight is 404 g/mol. The molecule has 8 heteroatoms. The first-order chi connectivity index (χ1) is 13.7. The van der Waals surface area contributed by atoms with Gasteiger partial charge in [-0.1, -0.05) is 30.3 Å². The first-order valence-corrected chi connectivity index (χ1v) is 8.95. The standard InChI is InChI=1S/C21H19F3N2O3/c22-21(23,24)29-18-4-2-1-3-15(18)9-12-19(27)26(17-10-11-17)13-14-5-7-16(8-6-14)20(25)28/h1-9,12,17H,10-11,13H2,(H2,25,28)/b12-9+. The molecule has 2 aromatic carbocycles. The van der Waals surface area contributed by atoms with Gasteiger partial charge in [0.15, 0.2) is 0 Å². The first-order valence-electron chi connectivity index (χ1n) is 8.95. The fourth-order valence-corrected chi connectivity index (χ4v) is 2.84. The normalized spacial score (nSPS) is 14.0. The lowest BCUT2D eigenvalue weighted by atomic mass is 10.1. The van der Waals surface area contributed by atoms with Gasteiger partial charge in [-0.15, -0.1) is 13.2 Å². The monoisotopic (exact) mass is 404 g/mol. The lowest BCUT2D eigenvalue weighted by Gasteiger charge is -2.21. The third-order valence-corrected chi connectivity index (χ3v) is 4.41. The van der Waals surface area contributed by atoms with Gasteiger partial charge >= 0.3 is 6.36 Å². The van der Waals surface area contributed by atoms with E-state index in [0.29, 0.717) is 12.1 Å². The SMILES string of the molecule is NC(=O)c1ccc(CN(C(=O)/C=C/c2ccccc2OC(F)(F)F)C2CC2)cc1. The van der Waals surface area contributed by atoms with Crippen molar-refractivity contribution in [2.24, 2.45) is 5.73 Å². The second-order valence-corrected chi connectivity index (χ2v) is 6.68. The smallest absolute Gasteiger partial charge is 0.405 e. The number of alkyl halides is 3. The largest absolute Gasteiger partial charge is 0.573 e. The molecule has 3 rings (SSSR count). The summed E-state index contributed by atoms with van der Waals surface area (Å²) < 4.78 is 41.6. The van der Waals surface area contributed by atoms with Crippen molar-refractivity contribution in [2.75, 3.05) is 0 Å². The number of amides is 2. The molecule has 0 spiro atoms. The highest BCUT2D eigenvalue weighted by Crippen LogP contribution is 2.30. The first kappa shape index (κ1) is 20.4. The quantitative estimate of drug-likeness (QED) is 0.712. The Morgan fingerprint density at radius 3 is 2.34 bits per heavy atom. The highest BCUT2D eigenvalue weighted by atomic mass is 19.4. The van der Waals surface area contributed by atoms with Crippen LogP contribution in [0.2, 0.25) is 0 Å². The van der Waals surface area contributed by atoms with Crippen LogP contribution in [-0.4, -0.2) is 29.1 Å². The number of nitrogens with zero attached hydrogens (tertiary/aromatic N) is 1. The van der Waals surface area contributed by atoms with E-state index in [2.05, 4.69) is 4.74 Å². The maximum Gasteiger partial charge on any atom is 0.573 e. The summed E-state index contributed by atoms with van der Waals surface area (Å²) in [5.41, 5.74) is 6.57. The second kappa shape index (κ2) is 8.38. The van der Waals surface area contributed by atoms with Crippen molar-refractivity contribution in [1.29, 1.82) is 0 Å². The Labute approximate surface area is 165 Å². The maximum absolute atomic E-state index is 12.7. The molecule has 0 aliphatic heterocycles. The Morgan fingerprint density at radius 1 is 1.10 bits per heavy atom. The number of primary amides is 1. The van der Waals surface area contributed by atoms with Crippen LogP contribution in [0, 0.1) is 0 Å². The number of nitrogens with two attached hydrogens (primary N) is 1. The van der Waals surface area contributed by atoms with Crippen molar-refractivity contribution < 1.29 is 27.5 Å². The summed E-state index contributed by atoms with van der Waals surface area (Å²) >= 11 is 0. The zero-order valence-corrected chi connectivity index (χ0v) is 15.4. The van der Waals surface area contributed by atoms with E-state index < -0.39 is 12.3 Å².